The predicted octanol–water partition coefficient (Wildman–Crippen LogP) is 1.14. The number of hydrogen-bond acceptors (Lipinski definition) is 4. The molecule has 104 valence electrons. The van der Waals surface area contributed by atoms with Gasteiger partial charge in [-0.25, -0.2) is 4.39 Å². The van der Waals surface area contributed by atoms with Gasteiger partial charge in [-0.15, -0.1) is 0 Å². The van der Waals surface area contributed by atoms with Crippen LogP contribution in [0, 0.1) is 11.2 Å². The number of amides is 1. The summed E-state index contributed by atoms with van der Waals surface area (Å²) in [5, 5.41) is 2.71. The maximum Gasteiger partial charge on any atom is 0.234 e. The normalized spacial score (nSPS) is 26.2. The summed E-state index contributed by atoms with van der Waals surface area (Å²) < 4.78 is 23.3. The minimum atomic E-state index is -0.792. The van der Waals surface area contributed by atoms with E-state index < -0.39 is 11.2 Å². The first-order valence-electron chi connectivity index (χ1n) is 5.95. The molecular weight excluding hydrogens is 251 g/mol. The van der Waals surface area contributed by atoms with Gasteiger partial charge in [0.1, 0.15) is 11.6 Å². The van der Waals surface area contributed by atoms with Crippen molar-refractivity contribution in [1.29, 1.82) is 0 Å². The van der Waals surface area contributed by atoms with E-state index in [1.165, 1.54) is 25.3 Å². The minimum Gasteiger partial charge on any atom is -0.494 e. The Balaban J connectivity index is 2.19. The number of carbonyl (C=O) groups is 1. The first-order valence-corrected chi connectivity index (χ1v) is 5.95. The number of benzene rings is 1. The monoisotopic (exact) mass is 268 g/mol. The lowest BCUT2D eigenvalue weighted by Gasteiger charge is -2.25. The molecule has 3 N–H and O–H groups in total. The molecule has 1 fully saturated rings. The first kappa shape index (κ1) is 13.8. The Morgan fingerprint density at radius 3 is 2.95 bits per heavy atom. The highest BCUT2D eigenvalue weighted by Gasteiger charge is 2.44. The van der Waals surface area contributed by atoms with Gasteiger partial charge in [-0.2, -0.15) is 0 Å². The molecule has 5 nitrogen and oxygen atoms in total. The molecule has 1 saturated heterocycles. The fourth-order valence-corrected chi connectivity index (χ4v) is 1.96. The third-order valence-electron chi connectivity index (χ3n) is 3.45. The number of nitrogens with one attached hydrogen (secondary N) is 1. The van der Waals surface area contributed by atoms with Gasteiger partial charge in [0, 0.05) is 12.1 Å². The number of halogens is 1. The van der Waals surface area contributed by atoms with Crippen molar-refractivity contribution in [3.63, 3.8) is 0 Å². The quantitative estimate of drug-likeness (QED) is 0.862. The van der Waals surface area contributed by atoms with Crippen LogP contribution in [0.5, 0.6) is 5.75 Å². The van der Waals surface area contributed by atoms with Crippen LogP contribution >= 0.6 is 0 Å². The number of carbonyl (C=O) groups excluding carboxylic acids is 1. The van der Waals surface area contributed by atoms with Gasteiger partial charge in [-0.05, 0) is 19.1 Å². The molecule has 0 spiro atoms. The molecule has 1 amide bonds. The van der Waals surface area contributed by atoms with Crippen LogP contribution < -0.4 is 15.8 Å². The number of hydrogen-bond donors (Lipinski definition) is 2. The van der Waals surface area contributed by atoms with Crippen molar-refractivity contribution in [2.45, 2.75) is 13.0 Å². The zero-order valence-electron chi connectivity index (χ0n) is 10.9. The molecule has 2 atom stereocenters. The van der Waals surface area contributed by atoms with E-state index in [4.69, 9.17) is 15.2 Å². The molecule has 2 rings (SSSR count). The summed E-state index contributed by atoms with van der Waals surface area (Å²) in [6, 6.07) is 3.56. The van der Waals surface area contributed by atoms with Crippen molar-refractivity contribution in [2.24, 2.45) is 11.1 Å². The van der Waals surface area contributed by atoms with Gasteiger partial charge in [0.15, 0.2) is 0 Å². The molecule has 0 aromatic heterocycles. The van der Waals surface area contributed by atoms with Crippen LogP contribution in [0.4, 0.5) is 10.1 Å². The largest absolute Gasteiger partial charge is 0.494 e. The lowest BCUT2D eigenvalue weighted by Crippen LogP contribution is -2.47. The molecule has 0 saturated carbocycles. The molecule has 19 heavy (non-hydrogen) atoms. The Labute approximate surface area is 110 Å². The molecule has 2 unspecified atom stereocenters. The van der Waals surface area contributed by atoms with E-state index >= 15 is 0 Å². The van der Waals surface area contributed by atoms with E-state index in [1.54, 1.807) is 6.92 Å². The van der Waals surface area contributed by atoms with Crippen molar-refractivity contribution < 1.29 is 18.7 Å². The molecule has 0 aliphatic carbocycles. The molecule has 1 aliphatic heterocycles. The summed E-state index contributed by atoms with van der Waals surface area (Å²) in [6.45, 7) is 2.37. The number of anilines is 1. The van der Waals surface area contributed by atoms with Crippen LogP contribution in [0.3, 0.4) is 0 Å². The highest BCUT2D eigenvalue weighted by molar-refractivity contribution is 5.97. The maximum absolute atomic E-state index is 13.1. The maximum atomic E-state index is 13.1. The topological polar surface area (TPSA) is 73.6 Å². The van der Waals surface area contributed by atoms with Crippen LogP contribution in [-0.4, -0.2) is 32.3 Å². The van der Waals surface area contributed by atoms with E-state index in [1.807, 2.05) is 0 Å². The van der Waals surface area contributed by atoms with Gasteiger partial charge in [0.25, 0.3) is 0 Å². The van der Waals surface area contributed by atoms with E-state index in [-0.39, 0.29) is 24.3 Å². The Hall–Kier alpha value is -1.66. The van der Waals surface area contributed by atoms with E-state index in [2.05, 4.69) is 5.32 Å². The van der Waals surface area contributed by atoms with E-state index in [0.717, 1.165) is 0 Å². The Bertz CT molecular complexity index is 495. The molecular formula is C13H17FN2O3. The zero-order chi connectivity index (χ0) is 14.0. The molecule has 0 bridgehead atoms. The third kappa shape index (κ3) is 2.54. The number of rotatable bonds is 3. The standard InChI is InChI=1S/C13H17FN2O3/c1-13(7-19-6-11(13)15)12(17)16-9-4-3-8(14)5-10(9)18-2/h3-5,11H,6-7,15H2,1-2H3,(H,16,17). The Kier molecular flexibility index (Phi) is 3.73. The fraction of sp³-hybridized carbons (Fsp3) is 0.462. The van der Waals surface area contributed by atoms with Crippen LogP contribution in [0.1, 0.15) is 6.92 Å². The van der Waals surface area contributed by atoms with Crippen LogP contribution in [0.25, 0.3) is 0 Å². The van der Waals surface area contributed by atoms with Gasteiger partial charge < -0.3 is 20.5 Å². The summed E-state index contributed by atoms with van der Waals surface area (Å²) in [7, 11) is 1.41. The van der Waals surface area contributed by atoms with Gasteiger partial charge in [-0.1, -0.05) is 0 Å². The van der Waals surface area contributed by atoms with Gasteiger partial charge >= 0.3 is 0 Å². The highest BCUT2D eigenvalue weighted by Crippen LogP contribution is 2.31. The second-order valence-corrected chi connectivity index (χ2v) is 4.84. The lowest BCUT2D eigenvalue weighted by molar-refractivity contribution is -0.125. The van der Waals surface area contributed by atoms with Crippen LogP contribution in [-0.2, 0) is 9.53 Å². The molecule has 1 aromatic carbocycles. The summed E-state index contributed by atoms with van der Waals surface area (Å²) in [6.07, 6.45) is 0. The van der Waals surface area contributed by atoms with Crippen molar-refractivity contribution in [3.8, 4) is 5.75 Å². The lowest BCUT2D eigenvalue weighted by atomic mass is 9.85. The molecule has 1 heterocycles. The van der Waals surface area contributed by atoms with Crippen molar-refractivity contribution in [3.05, 3.63) is 24.0 Å². The smallest absolute Gasteiger partial charge is 0.234 e. The zero-order valence-corrected chi connectivity index (χ0v) is 10.9. The first-order chi connectivity index (χ1) is 8.97. The van der Waals surface area contributed by atoms with Crippen molar-refractivity contribution in [2.75, 3.05) is 25.6 Å². The highest BCUT2D eigenvalue weighted by atomic mass is 19.1. The summed E-state index contributed by atoms with van der Waals surface area (Å²) >= 11 is 0. The van der Waals surface area contributed by atoms with Crippen molar-refractivity contribution in [1.82, 2.24) is 0 Å². The number of nitrogens with two attached hydrogens (primary N) is 1. The molecule has 1 aliphatic rings. The Morgan fingerprint density at radius 2 is 2.37 bits per heavy atom. The van der Waals surface area contributed by atoms with Crippen molar-refractivity contribution >= 4 is 11.6 Å². The van der Waals surface area contributed by atoms with Gasteiger partial charge in [-0.3, -0.25) is 4.79 Å². The molecule has 0 radical (unpaired) electrons. The average Bonchev–Trinajstić information content (AvgIpc) is 2.73. The van der Waals surface area contributed by atoms with Gasteiger partial charge in [0.05, 0.1) is 31.4 Å². The number of ether oxygens (including phenoxy) is 2. The summed E-state index contributed by atoms with van der Waals surface area (Å²) in [5.74, 6) is -0.422. The minimum absolute atomic E-state index is 0.262. The van der Waals surface area contributed by atoms with E-state index in [9.17, 15) is 9.18 Å². The fourth-order valence-electron chi connectivity index (χ4n) is 1.96. The third-order valence-corrected chi connectivity index (χ3v) is 3.45. The number of methoxy groups -OCH3 is 1. The summed E-state index contributed by atoms with van der Waals surface area (Å²) in [5.41, 5.74) is 5.50. The second kappa shape index (κ2) is 5.14. The summed E-state index contributed by atoms with van der Waals surface area (Å²) in [4.78, 5) is 12.3. The second-order valence-electron chi connectivity index (χ2n) is 4.84. The SMILES string of the molecule is COc1cc(F)ccc1NC(=O)C1(C)COCC1N. The van der Waals surface area contributed by atoms with E-state index in [0.29, 0.717) is 12.3 Å². The predicted molar refractivity (Wildman–Crippen MR) is 68.5 cm³/mol. The van der Waals surface area contributed by atoms with Crippen LogP contribution in [0.2, 0.25) is 0 Å². The van der Waals surface area contributed by atoms with Gasteiger partial charge in [0.2, 0.25) is 5.91 Å². The Morgan fingerprint density at radius 1 is 1.63 bits per heavy atom. The average molecular weight is 268 g/mol. The molecule has 1 aromatic rings. The van der Waals surface area contributed by atoms with Crippen LogP contribution in [0.15, 0.2) is 18.2 Å². The molecule has 6 heteroatoms.